The van der Waals surface area contributed by atoms with Crippen LogP contribution in [0.5, 0.6) is 0 Å². The number of aromatic nitrogens is 2. The zero-order chi connectivity index (χ0) is 17.0. The molecule has 0 fully saturated rings. The predicted octanol–water partition coefficient (Wildman–Crippen LogP) is 1.52. The molecular formula is C14H16FN3O4S. The highest BCUT2D eigenvalue weighted by atomic mass is 32.2. The Labute approximate surface area is 132 Å². The number of nitrogens with one attached hydrogen (secondary N) is 1. The fourth-order valence-corrected chi connectivity index (χ4v) is 3.63. The Hall–Kier alpha value is -2.26. The lowest BCUT2D eigenvalue weighted by Crippen LogP contribution is -2.33. The third-order valence-electron chi connectivity index (χ3n) is 3.22. The van der Waals surface area contributed by atoms with Crippen molar-refractivity contribution in [2.24, 2.45) is 0 Å². The number of halogens is 1. The standard InChI is InChI=1S/C14H16FN3O4S/c1-10-13(8-16-17-10)23(21,22)18(6-5-14(19)20)9-11-3-2-4-12(15)7-11/h2-4,7-8H,5-6,9H2,1H3,(H,16,17)(H,19,20). The Morgan fingerprint density at radius 3 is 2.74 bits per heavy atom. The van der Waals surface area contributed by atoms with Crippen LogP contribution in [0.3, 0.4) is 0 Å². The van der Waals surface area contributed by atoms with Gasteiger partial charge >= 0.3 is 5.97 Å². The number of benzene rings is 1. The van der Waals surface area contributed by atoms with Crippen molar-refractivity contribution in [3.63, 3.8) is 0 Å². The Kier molecular flexibility index (Phi) is 5.12. The van der Waals surface area contributed by atoms with Gasteiger partial charge in [0.15, 0.2) is 0 Å². The number of aliphatic carboxylic acids is 1. The molecule has 2 N–H and O–H groups in total. The highest BCUT2D eigenvalue weighted by Crippen LogP contribution is 2.20. The van der Waals surface area contributed by atoms with Crippen LogP contribution in [-0.2, 0) is 21.4 Å². The van der Waals surface area contributed by atoms with Gasteiger partial charge in [-0.25, -0.2) is 12.8 Å². The monoisotopic (exact) mass is 341 g/mol. The van der Waals surface area contributed by atoms with Gasteiger partial charge in [-0.15, -0.1) is 0 Å². The molecule has 0 saturated carbocycles. The number of nitrogens with zero attached hydrogens (tertiary/aromatic N) is 2. The summed E-state index contributed by atoms with van der Waals surface area (Å²) in [7, 11) is -3.94. The molecule has 0 aliphatic heterocycles. The van der Waals surface area contributed by atoms with Crippen molar-refractivity contribution in [1.82, 2.24) is 14.5 Å². The van der Waals surface area contributed by atoms with E-state index in [1.807, 2.05) is 0 Å². The van der Waals surface area contributed by atoms with Gasteiger partial charge in [-0.2, -0.15) is 9.40 Å². The lowest BCUT2D eigenvalue weighted by atomic mass is 10.2. The summed E-state index contributed by atoms with van der Waals surface area (Å²) < 4.78 is 39.7. The topological polar surface area (TPSA) is 103 Å². The first-order valence-electron chi connectivity index (χ1n) is 6.77. The van der Waals surface area contributed by atoms with E-state index in [2.05, 4.69) is 10.2 Å². The number of carbonyl (C=O) groups is 1. The van der Waals surface area contributed by atoms with E-state index in [0.29, 0.717) is 11.3 Å². The van der Waals surface area contributed by atoms with E-state index in [1.54, 1.807) is 13.0 Å². The van der Waals surface area contributed by atoms with Crippen molar-refractivity contribution in [2.45, 2.75) is 24.8 Å². The molecular weight excluding hydrogens is 325 g/mol. The van der Waals surface area contributed by atoms with Crippen LogP contribution in [0.25, 0.3) is 0 Å². The summed E-state index contributed by atoms with van der Waals surface area (Å²) in [5.74, 6) is -1.61. The number of aryl methyl sites for hydroxylation is 1. The molecule has 0 radical (unpaired) electrons. The zero-order valence-corrected chi connectivity index (χ0v) is 13.2. The van der Waals surface area contributed by atoms with Crippen LogP contribution in [0.4, 0.5) is 4.39 Å². The number of carboxylic acids is 1. The van der Waals surface area contributed by atoms with Crippen LogP contribution in [-0.4, -0.2) is 40.5 Å². The molecule has 124 valence electrons. The summed E-state index contributed by atoms with van der Waals surface area (Å²) >= 11 is 0. The van der Waals surface area contributed by atoms with Crippen molar-refractivity contribution in [3.8, 4) is 0 Å². The summed E-state index contributed by atoms with van der Waals surface area (Å²) in [6, 6.07) is 5.51. The van der Waals surface area contributed by atoms with Crippen molar-refractivity contribution < 1.29 is 22.7 Å². The minimum atomic E-state index is -3.94. The van der Waals surface area contributed by atoms with Crippen molar-refractivity contribution in [2.75, 3.05) is 6.54 Å². The highest BCUT2D eigenvalue weighted by molar-refractivity contribution is 7.89. The number of sulfonamides is 1. The van der Waals surface area contributed by atoms with Crippen molar-refractivity contribution in [1.29, 1.82) is 0 Å². The predicted molar refractivity (Wildman–Crippen MR) is 79.6 cm³/mol. The fourth-order valence-electron chi connectivity index (χ4n) is 2.08. The van der Waals surface area contributed by atoms with Gasteiger partial charge < -0.3 is 5.11 Å². The van der Waals surface area contributed by atoms with Gasteiger partial charge in [-0.3, -0.25) is 9.89 Å². The average Bonchev–Trinajstić information content (AvgIpc) is 2.90. The zero-order valence-electron chi connectivity index (χ0n) is 12.4. The van der Waals surface area contributed by atoms with Gasteiger partial charge in [0.1, 0.15) is 10.7 Å². The van der Waals surface area contributed by atoms with Crippen LogP contribution in [0, 0.1) is 12.7 Å². The molecule has 7 nitrogen and oxygen atoms in total. The largest absolute Gasteiger partial charge is 0.481 e. The lowest BCUT2D eigenvalue weighted by molar-refractivity contribution is -0.137. The third-order valence-corrected chi connectivity index (χ3v) is 5.18. The van der Waals surface area contributed by atoms with Crippen molar-refractivity contribution >= 4 is 16.0 Å². The number of H-pyrrole nitrogens is 1. The Bertz CT molecular complexity index is 804. The van der Waals surface area contributed by atoms with Gasteiger partial charge in [-0.1, -0.05) is 12.1 Å². The molecule has 23 heavy (non-hydrogen) atoms. The minimum absolute atomic E-state index is 0.0284. The summed E-state index contributed by atoms with van der Waals surface area (Å²) in [6.45, 7) is 1.20. The molecule has 0 aliphatic rings. The van der Waals surface area contributed by atoms with Crippen LogP contribution in [0.15, 0.2) is 35.4 Å². The quantitative estimate of drug-likeness (QED) is 0.795. The van der Waals surface area contributed by atoms with Crippen LogP contribution in [0.1, 0.15) is 17.7 Å². The van der Waals surface area contributed by atoms with Gasteiger partial charge in [-0.05, 0) is 24.6 Å². The third kappa shape index (κ3) is 4.14. The first kappa shape index (κ1) is 17.1. The van der Waals surface area contributed by atoms with Crippen LogP contribution >= 0.6 is 0 Å². The van der Waals surface area contributed by atoms with E-state index < -0.39 is 21.8 Å². The lowest BCUT2D eigenvalue weighted by Gasteiger charge is -2.21. The summed E-state index contributed by atoms with van der Waals surface area (Å²) in [5.41, 5.74) is 0.782. The number of aromatic amines is 1. The molecule has 1 aromatic heterocycles. The normalized spacial score (nSPS) is 11.8. The van der Waals surface area contributed by atoms with Crippen molar-refractivity contribution in [3.05, 3.63) is 47.5 Å². The second kappa shape index (κ2) is 6.88. The van der Waals surface area contributed by atoms with Crippen LogP contribution < -0.4 is 0 Å². The number of hydrogen-bond donors (Lipinski definition) is 2. The molecule has 1 aromatic carbocycles. The van der Waals surface area contributed by atoms with E-state index in [1.165, 1.54) is 24.4 Å². The summed E-state index contributed by atoms with van der Waals surface area (Å²) in [5, 5.41) is 15.0. The van der Waals surface area contributed by atoms with Gasteiger partial charge in [0.2, 0.25) is 10.0 Å². The molecule has 1 heterocycles. The molecule has 2 rings (SSSR count). The van der Waals surface area contributed by atoms with E-state index in [0.717, 1.165) is 4.31 Å². The van der Waals surface area contributed by atoms with E-state index in [4.69, 9.17) is 5.11 Å². The SMILES string of the molecule is Cc1[nH]ncc1S(=O)(=O)N(CCC(=O)O)Cc1cccc(F)c1. The maximum absolute atomic E-state index is 13.3. The van der Waals surface area contributed by atoms with Crippen LogP contribution in [0.2, 0.25) is 0 Å². The number of hydrogen-bond acceptors (Lipinski definition) is 4. The maximum Gasteiger partial charge on any atom is 0.304 e. The van der Waals surface area contributed by atoms with E-state index in [-0.39, 0.29) is 24.4 Å². The Morgan fingerprint density at radius 1 is 1.43 bits per heavy atom. The minimum Gasteiger partial charge on any atom is -0.481 e. The second-order valence-electron chi connectivity index (χ2n) is 4.97. The Balaban J connectivity index is 2.33. The number of carboxylic acid groups (broad SMARTS) is 1. The summed E-state index contributed by atoms with van der Waals surface area (Å²) in [4.78, 5) is 10.8. The van der Waals surface area contributed by atoms with E-state index in [9.17, 15) is 17.6 Å². The van der Waals surface area contributed by atoms with Gasteiger partial charge in [0.25, 0.3) is 0 Å². The van der Waals surface area contributed by atoms with Gasteiger partial charge in [0, 0.05) is 13.1 Å². The maximum atomic E-state index is 13.3. The highest BCUT2D eigenvalue weighted by Gasteiger charge is 2.28. The Morgan fingerprint density at radius 2 is 2.17 bits per heavy atom. The molecule has 0 unspecified atom stereocenters. The second-order valence-corrected chi connectivity index (χ2v) is 6.88. The molecule has 0 atom stereocenters. The molecule has 9 heteroatoms. The van der Waals surface area contributed by atoms with Gasteiger partial charge in [0.05, 0.1) is 18.3 Å². The average molecular weight is 341 g/mol. The first-order valence-corrected chi connectivity index (χ1v) is 8.21. The molecule has 0 aliphatic carbocycles. The van der Waals surface area contributed by atoms with E-state index >= 15 is 0 Å². The summed E-state index contributed by atoms with van der Waals surface area (Å²) in [6.07, 6.45) is 0.815. The number of rotatable bonds is 7. The fraction of sp³-hybridized carbons (Fsp3) is 0.286. The smallest absolute Gasteiger partial charge is 0.304 e. The molecule has 0 spiro atoms. The first-order chi connectivity index (χ1) is 10.8. The molecule has 0 bridgehead atoms. The molecule has 2 aromatic rings. The molecule has 0 saturated heterocycles. The molecule has 0 amide bonds.